The molecule has 8 heteroatoms. The molecule has 0 fully saturated rings. The van der Waals surface area contributed by atoms with Crippen LogP contribution in [0.1, 0.15) is 36.5 Å². The summed E-state index contributed by atoms with van der Waals surface area (Å²) in [4.78, 5) is 29.3. The van der Waals surface area contributed by atoms with E-state index in [2.05, 4.69) is 6.92 Å². The molecule has 1 aromatic heterocycles. The van der Waals surface area contributed by atoms with Crippen molar-refractivity contribution < 1.29 is 23.5 Å². The second kappa shape index (κ2) is 12.7. The minimum absolute atomic E-state index is 0.163. The summed E-state index contributed by atoms with van der Waals surface area (Å²) in [7, 11) is 3.13. The molecule has 0 saturated heterocycles. The van der Waals surface area contributed by atoms with E-state index in [4.69, 9.17) is 21.1 Å². The van der Waals surface area contributed by atoms with Gasteiger partial charge in [-0.25, -0.2) is 4.39 Å². The van der Waals surface area contributed by atoms with Crippen LogP contribution in [0.5, 0.6) is 11.5 Å². The van der Waals surface area contributed by atoms with Crippen molar-refractivity contribution in [1.82, 2.24) is 9.47 Å². The molecule has 0 unspecified atom stereocenters. The quantitative estimate of drug-likeness (QED) is 0.173. The Labute approximate surface area is 249 Å². The normalized spacial score (nSPS) is 13.7. The fourth-order valence-electron chi connectivity index (χ4n) is 5.27. The number of halogens is 2. The topological polar surface area (TPSA) is 60.8 Å². The zero-order chi connectivity index (χ0) is 29.8. The smallest absolute Gasteiger partial charge is 0.262 e. The van der Waals surface area contributed by atoms with E-state index in [-0.39, 0.29) is 23.5 Å². The standard InChI is InChI=1S/C34H32ClFN2O4/c1-4-5-19-37-27-9-7-6-8-25(27)30(32(37)35)31-26(16-12-22-10-14-24(36)15-11-22)33(39)38(34(31)40)20-18-23-13-17-28(41-2)29(21-23)42-3/h6-17,21H,4-5,18-20H2,1-3H3/b16-12+. The molecule has 2 heterocycles. The molecule has 2 amide bonds. The number of imide groups is 1. The van der Waals surface area contributed by atoms with Crippen LogP contribution in [0, 0.1) is 5.82 Å². The van der Waals surface area contributed by atoms with Crippen LogP contribution in [0.2, 0.25) is 5.15 Å². The number of unbranched alkanes of at least 4 members (excludes halogenated alkanes) is 1. The van der Waals surface area contributed by atoms with Gasteiger partial charge in [-0.05, 0) is 60.4 Å². The van der Waals surface area contributed by atoms with E-state index in [1.165, 1.54) is 17.0 Å². The van der Waals surface area contributed by atoms with E-state index in [9.17, 15) is 14.0 Å². The Morgan fingerprint density at radius 2 is 1.62 bits per heavy atom. The highest BCUT2D eigenvalue weighted by Gasteiger charge is 2.40. The third kappa shape index (κ3) is 5.57. The molecule has 0 N–H and O–H groups in total. The van der Waals surface area contributed by atoms with E-state index in [1.807, 2.05) is 41.0 Å². The third-order valence-electron chi connectivity index (χ3n) is 7.48. The molecule has 6 nitrogen and oxygen atoms in total. The third-order valence-corrected chi connectivity index (χ3v) is 7.87. The zero-order valence-corrected chi connectivity index (χ0v) is 24.6. The van der Waals surface area contributed by atoms with Gasteiger partial charge in [-0.2, -0.15) is 0 Å². The molecule has 5 rings (SSSR count). The number of fused-ring (bicyclic) bond motifs is 1. The lowest BCUT2D eigenvalue weighted by Gasteiger charge is -2.16. The first-order valence-electron chi connectivity index (χ1n) is 13.9. The molecule has 0 bridgehead atoms. The van der Waals surface area contributed by atoms with Crippen LogP contribution in [0.4, 0.5) is 4.39 Å². The molecule has 0 radical (unpaired) electrons. The van der Waals surface area contributed by atoms with Gasteiger partial charge in [0.05, 0.1) is 25.4 Å². The molecule has 1 aliphatic heterocycles. The SMILES string of the molecule is CCCCn1c(Cl)c(C2=C(/C=C/c3ccc(F)cc3)C(=O)N(CCc3ccc(OC)c(OC)c3)C2=O)c2ccccc21. The van der Waals surface area contributed by atoms with Crippen LogP contribution >= 0.6 is 11.6 Å². The molecule has 4 aromatic rings. The Hall–Kier alpha value is -4.36. The molecule has 0 saturated carbocycles. The van der Waals surface area contributed by atoms with Crippen LogP contribution < -0.4 is 9.47 Å². The van der Waals surface area contributed by atoms with Crippen LogP contribution in [0.15, 0.2) is 78.4 Å². The van der Waals surface area contributed by atoms with Crippen LogP contribution in [0.3, 0.4) is 0 Å². The molecule has 216 valence electrons. The lowest BCUT2D eigenvalue weighted by Crippen LogP contribution is -2.33. The maximum absolute atomic E-state index is 14.1. The lowest BCUT2D eigenvalue weighted by molar-refractivity contribution is -0.136. The van der Waals surface area contributed by atoms with E-state index in [0.717, 1.165) is 29.3 Å². The Morgan fingerprint density at radius 3 is 2.33 bits per heavy atom. The van der Waals surface area contributed by atoms with Gasteiger partial charge in [0.2, 0.25) is 0 Å². The number of benzene rings is 3. The van der Waals surface area contributed by atoms with Gasteiger partial charge in [0.1, 0.15) is 11.0 Å². The van der Waals surface area contributed by atoms with Gasteiger partial charge in [0, 0.05) is 29.6 Å². The molecule has 1 aliphatic rings. The van der Waals surface area contributed by atoms with Crippen molar-refractivity contribution in [1.29, 1.82) is 0 Å². The number of nitrogens with zero attached hydrogens (tertiary/aromatic N) is 2. The van der Waals surface area contributed by atoms with Crippen molar-refractivity contribution in [3.8, 4) is 11.5 Å². The summed E-state index contributed by atoms with van der Waals surface area (Å²) >= 11 is 7.02. The fourth-order valence-corrected chi connectivity index (χ4v) is 5.64. The van der Waals surface area contributed by atoms with E-state index in [0.29, 0.717) is 40.7 Å². The van der Waals surface area contributed by atoms with Crippen LogP contribution in [-0.4, -0.2) is 42.0 Å². The predicted octanol–water partition coefficient (Wildman–Crippen LogP) is 7.33. The van der Waals surface area contributed by atoms with Gasteiger partial charge < -0.3 is 14.0 Å². The number of rotatable bonds is 11. The second-order valence-corrected chi connectivity index (χ2v) is 10.4. The molecule has 0 atom stereocenters. The molecule has 0 spiro atoms. The first-order chi connectivity index (χ1) is 20.4. The number of aromatic nitrogens is 1. The van der Waals surface area contributed by atoms with Gasteiger partial charge in [0.25, 0.3) is 11.8 Å². The first kappa shape index (κ1) is 29.1. The van der Waals surface area contributed by atoms with Gasteiger partial charge in [0.15, 0.2) is 11.5 Å². The van der Waals surface area contributed by atoms with Crippen molar-refractivity contribution >= 4 is 46.0 Å². The van der Waals surface area contributed by atoms with Gasteiger partial charge >= 0.3 is 0 Å². The highest BCUT2D eigenvalue weighted by Crippen LogP contribution is 2.41. The summed E-state index contributed by atoms with van der Waals surface area (Å²) in [6.45, 7) is 2.96. The van der Waals surface area contributed by atoms with Crippen molar-refractivity contribution in [2.45, 2.75) is 32.7 Å². The van der Waals surface area contributed by atoms with Crippen LogP contribution in [-0.2, 0) is 22.6 Å². The number of carbonyl (C=O) groups excluding carboxylic acids is 2. The number of hydrogen-bond donors (Lipinski definition) is 0. The monoisotopic (exact) mass is 586 g/mol. The Kier molecular flexibility index (Phi) is 8.78. The van der Waals surface area contributed by atoms with E-state index >= 15 is 0 Å². The predicted molar refractivity (Wildman–Crippen MR) is 164 cm³/mol. The summed E-state index contributed by atoms with van der Waals surface area (Å²) in [6.07, 6.45) is 5.66. The molecule has 0 aliphatic carbocycles. The number of methoxy groups -OCH3 is 2. The van der Waals surface area contributed by atoms with Crippen molar-refractivity contribution in [2.24, 2.45) is 0 Å². The number of para-hydroxylation sites is 1. The first-order valence-corrected chi connectivity index (χ1v) is 14.3. The van der Waals surface area contributed by atoms with Gasteiger partial charge in [-0.15, -0.1) is 0 Å². The number of hydrogen-bond acceptors (Lipinski definition) is 4. The number of ether oxygens (including phenoxy) is 2. The van der Waals surface area contributed by atoms with Crippen molar-refractivity contribution in [3.05, 3.63) is 106 Å². The largest absolute Gasteiger partial charge is 0.493 e. The van der Waals surface area contributed by atoms with Crippen molar-refractivity contribution in [3.63, 3.8) is 0 Å². The Morgan fingerprint density at radius 1 is 0.881 bits per heavy atom. The minimum Gasteiger partial charge on any atom is -0.493 e. The molecular formula is C34H32ClFN2O4. The summed E-state index contributed by atoms with van der Waals surface area (Å²) in [5, 5.41) is 1.24. The summed E-state index contributed by atoms with van der Waals surface area (Å²) in [5.74, 6) is 0.00494. The van der Waals surface area contributed by atoms with E-state index < -0.39 is 11.8 Å². The van der Waals surface area contributed by atoms with Crippen molar-refractivity contribution in [2.75, 3.05) is 20.8 Å². The number of amides is 2. The second-order valence-electron chi connectivity index (χ2n) is 10.1. The van der Waals surface area contributed by atoms with Crippen LogP contribution in [0.25, 0.3) is 22.6 Å². The minimum atomic E-state index is -0.407. The number of aryl methyl sites for hydroxylation is 1. The number of carbonyl (C=O) groups is 2. The lowest BCUT2D eigenvalue weighted by atomic mass is 10.00. The highest BCUT2D eigenvalue weighted by molar-refractivity contribution is 6.42. The Bertz CT molecular complexity index is 1700. The van der Waals surface area contributed by atoms with Gasteiger partial charge in [-0.1, -0.05) is 67.4 Å². The molecule has 42 heavy (non-hydrogen) atoms. The zero-order valence-electron chi connectivity index (χ0n) is 23.8. The average Bonchev–Trinajstić information content (AvgIpc) is 3.41. The maximum atomic E-state index is 14.1. The summed E-state index contributed by atoms with van der Waals surface area (Å²) < 4.78 is 26.3. The summed E-state index contributed by atoms with van der Waals surface area (Å²) in [6, 6.07) is 19.2. The van der Waals surface area contributed by atoms with Gasteiger partial charge in [-0.3, -0.25) is 14.5 Å². The summed E-state index contributed by atoms with van der Waals surface area (Å²) in [5.41, 5.74) is 3.56. The molecular weight excluding hydrogens is 555 g/mol. The fraction of sp³-hybridized carbons (Fsp3) is 0.235. The highest BCUT2D eigenvalue weighted by atomic mass is 35.5. The maximum Gasteiger partial charge on any atom is 0.262 e. The average molecular weight is 587 g/mol. The Balaban J connectivity index is 1.57. The van der Waals surface area contributed by atoms with E-state index in [1.54, 1.807) is 44.6 Å². The molecule has 3 aromatic carbocycles.